The highest BCUT2D eigenvalue weighted by Crippen LogP contribution is 2.22. The molecule has 1 heterocycles. The van der Waals surface area contributed by atoms with Gasteiger partial charge >= 0.3 is 11.9 Å². The van der Waals surface area contributed by atoms with E-state index in [9.17, 15) is 14.4 Å². The summed E-state index contributed by atoms with van der Waals surface area (Å²) in [5.74, 6) is -1.58. The molecule has 0 saturated heterocycles. The van der Waals surface area contributed by atoms with Crippen molar-refractivity contribution in [1.29, 1.82) is 0 Å². The fraction of sp³-hybridized carbons (Fsp3) is 0.722. The van der Waals surface area contributed by atoms with Crippen LogP contribution in [0.3, 0.4) is 0 Å². The zero-order chi connectivity index (χ0) is 19.3. The van der Waals surface area contributed by atoms with Gasteiger partial charge in [0.05, 0.1) is 23.4 Å². The highest BCUT2D eigenvalue weighted by Gasteiger charge is 2.33. The minimum absolute atomic E-state index is 0.00282. The van der Waals surface area contributed by atoms with Crippen LogP contribution in [-0.2, 0) is 28.6 Å². The van der Waals surface area contributed by atoms with E-state index >= 15 is 0 Å². The van der Waals surface area contributed by atoms with Crippen LogP contribution in [0.25, 0.3) is 0 Å². The van der Waals surface area contributed by atoms with E-state index in [0.717, 1.165) is 0 Å². The molecule has 0 fully saturated rings. The number of hydrogen-bond donors (Lipinski definition) is 1. The summed E-state index contributed by atoms with van der Waals surface area (Å²) in [6.45, 7) is 10.3. The van der Waals surface area contributed by atoms with Crippen molar-refractivity contribution < 1.29 is 28.6 Å². The Balaban J connectivity index is 2.53. The van der Waals surface area contributed by atoms with Gasteiger partial charge in [0.15, 0.2) is 0 Å². The Bertz CT molecular complexity index is 556. The van der Waals surface area contributed by atoms with Gasteiger partial charge in [-0.05, 0) is 47.5 Å². The van der Waals surface area contributed by atoms with Gasteiger partial charge in [0, 0.05) is 25.7 Å². The van der Waals surface area contributed by atoms with Crippen molar-refractivity contribution in [3.05, 3.63) is 11.1 Å². The first-order valence-electron chi connectivity index (χ1n) is 8.37. The van der Waals surface area contributed by atoms with E-state index in [1.54, 1.807) is 0 Å². The molecule has 1 aliphatic heterocycles. The molecule has 0 aromatic heterocycles. The lowest BCUT2D eigenvalue weighted by molar-refractivity contribution is -0.151. The van der Waals surface area contributed by atoms with E-state index in [2.05, 4.69) is 10.1 Å². The van der Waals surface area contributed by atoms with Gasteiger partial charge in [-0.15, -0.1) is 0 Å². The molecule has 0 atom stereocenters. The second kappa shape index (κ2) is 8.58. The maximum absolute atomic E-state index is 12.2. The molecule has 1 aliphatic rings. The molecule has 0 radical (unpaired) electrons. The van der Waals surface area contributed by atoms with Crippen LogP contribution in [0.15, 0.2) is 11.1 Å². The summed E-state index contributed by atoms with van der Waals surface area (Å²) in [7, 11) is 1.43. The molecular formula is C18H29NO6. The van der Waals surface area contributed by atoms with Gasteiger partial charge in [0.1, 0.15) is 0 Å². The lowest BCUT2D eigenvalue weighted by atomic mass is 9.99. The molecular weight excluding hydrogens is 326 g/mol. The molecule has 0 aliphatic carbocycles. The number of rotatable bonds is 9. The van der Waals surface area contributed by atoms with Crippen LogP contribution >= 0.6 is 0 Å². The minimum atomic E-state index is -0.693. The first kappa shape index (κ1) is 21.3. The molecule has 0 aromatic rings. The van der Waals surface area contributed by atoms with Crippen molar-refractivity contribution in [2.45, 2.75) is 65.0 Å². The van der Waals surface area contributed by atoms with E-state index in [4.69, 9.17) is 9.47 Å². The Morgan fingerprint density at radius 2 is 1.68 bits per heavy atom. The summed E-state index contributed by atoms with van der Waals surface area (Å²) in [5.41, 5.74) is -0.244. The Labute approximate surface area is 149 Å². The maximum Gasteiger partial charge on any atom is 0.344 e. The van der Waals surface area contributed by atoms with Crippen LogP contribution in [0, 0.1) is 0 Å². The molecule has 25 heavy (non-hydrogen) atoms. The predicted octanol–water partition coefficient (Wildman–Crippen LogP) is 1.89. The smallest absolute Gasteiger partial charge is 0.344 e. The molecule has 0 saturated carbocycles. The molecule has 1 amide bonds. The van der Waals surface area contributed by atoms with Gasteiger partial charge in [0.2, 0.25) is 5.91 Å². The molecule has 1 N–H and O–H groups in total. The third kappa shape index (κ3) is 7.36. The van der Waals surface area contributed by atoms with Gasteiger partial charge in [-0.3, -0.25) is 4.79 Å². The topological polar surface area (TPSA) is 90.9 Å². The lowest BCUT2D eigenvalue weighted by Crippen LogP contribution is -2.44. The summed E-state index contributed by atoms with van der Waals surface area (Å²) in [6.07, 6.45) is 0.895. The number of methoxy groups -OCH3 is 1. The Kier molecular flexibility index (Phi) is 7.31. The number of cyclic esters (lactones) is 2. The van der Waals surface area contributed by atoms with Crippen LogP contribution in [0.2, 0.25) is 0 Å². The summed E-state index contributed by atoms with van der Waals surface area (Å²) in [5, 5.41) is 2.93. The molecule has 0 unspecified atom stereocenters. The molecule has 0 aromatic carbocycles. The van der Waals surface area contributed by atoms with Crippen molar-refractivity contribution >= 4 is 17.8 Å². The quantitative estimate of drug-likeness (QED) is 0.502. The summed E-state index contributed by atoms with van der Waals surface area (Å²) in [6, 6.07) is 0. The first-order chi connectivity index (χ1) is 11.4. The zero-order valence-corrected chi connectivity index (χ0v) is 16.0. The molecule has 0 bridgehead atoms. The number of esters is 2. The highest BCUT2D eigenvalue weighted by molar-refractivity contribution is 6.12. The molecule has 142 valence electrons. The second-order valence-corrected chi connectivity index (χ2v) is 7.71. The lowest BCUT2D eigenvalue weighted by Gasteiger charge is -2.28. The number of ether oxygens (including phenoxy) is 3. The van der Waals surface area contributed by atoms with Gasteiger partial charge in [-0.25, -0.2) is 9.59 Å². The fourth-order valence-electron chi connectivity index (χ4n) is 2.35. The van der Waals surface area contributed by atoms with Crippen LogP contribution < -0.4 is 5.32 Å². The number of hydrogen-bond acceptors (Lipinski definition) is 6. The van der Waals surface area contributed by atoms with Gasteiger partial charge < -0.3 is 19.5 Å². The Morgan fingerprint density at radius 3 is 2.24 bits per heavy atom. The van der Waals surface area contributed by atoms with Crippen molar-refractivity contribution in [2.24, 2.45) is 0 Å². The molecule has 1 rings (SSSR count). The van der Waals surface area contributed by atoms with E-state index < -0.39 is 17.5 Å². The van der Waals surface area contributed by atoms with Crippen LogP contribution in [0.4, 0.5) is 0 Å². The SMILES string of the molecule is COCC1=C(CCC(=O)NC(C)(C)CCOC(C)(C)C)C(=O)OC1=O. The number of carbonyl (C=O) groups is 3. The third-order valence-corrected chi connectivity index (χ3v) is 3.67. The van der Waals surface area contributed by atoms with Crippen LogP contribution in [-0.4, -0.2) is 49.3 Å². The number of amides is 1. The second-order valence-electron chi connectivity index (χ2n) is 7.71. The van der Waals surface area contributed by atoms with E-state index in [1.807, 2.05) is 34.6 Å². The highest BCUT2D eigenvalue weighted by atomic mass is 16.6. The van der Waals surface area contributed by atoms with Crippen molar-refractivity contribution in [1.82, 2.24) is 5.32 Å². The maximum atomic E-state index is 12.2. The monoisotopic (exact) mass is 355 g/mol. The minimum Gasteiger partial charge on any atom is -0.386 e. The fourth-order valence-corrected chi connectivity index (χ4v) is 2.35. The Morgan fingerprint density at radius 1 is 1.08 bits per heavy atom. The summed E-state index contributed by atoms with van der Waals surface area (Å²) < 4.78 is 15.2. The normalized spacial score (nSPS) is 15.6. The Hall–Kier alpha value is -1.73. The number of carbonyl (C=O) groups excluding carboxylic acids is 3. The van der Waals surface area contributed by atoms with Gasteiger partial charge in [0.25, 0.3) is 0 Å². The van der Waals surface area contributed by atoms with E-state index in [0.29, 0.717) is 13.0 Å². The van der Waals surface area contributed by atoms with E-state index in [1.165, 1.54) is 7.11 Å². The third-order valence-electron chi connectivity index (χ3n) is 3.67. The molecule has 7 heteroatoms. The zero-order valence-electron chi connectivity index (χ0n) is 16.0. The van der Waals surface area contributed by atoms with Crippen LogP contribution in [0.1, 0.15) is 53.9 Å². The van der Waals surface area contributed by atoms with E-state index in [-0.39, 0.29) is 42.1 Å². The van der Waals surface area contributed by atoms with Gasteiger partial charge in [-0.2, -0.15) is 0 Å². The molecule has 7 nitrogen and oxygen atoms in total. The predicted molar refractivity (Wildman–Crippen MR) is 91.8 cm³/mol. The first-order valence-corrected chi connectivity index (χ1v) is 8.37. The summed E-state index contributed by atoms with van der Waals surface area (Å²) in [4.78, 5) is 35.4. The number of nitrogens with one attached hydrogen (secondary N) is 1. The van der Waals surface area contributed by atoms with Crippen LogP contribution in [0.5, 0.6) is 0 Å². The average Bonchev–Trinajstić information content (AvgIpc) is 2.69. The largest absolute Gasteiger partial charge is 0.386 e. The standard InChI is InChI=1S/C18H29NO6/c1-17(2,3)24-10-9-18(4,5)19-14(20)8-7-12-13(11-23-6)16(22)25-15(12)21/h7-11H2,1-6H3,(H,19,20). The average molecular weight is 355 g/mol. The van der Waals surface area contributed by atoms with Crippen molar-refractivity contribution in [3.8, 4) is 0 Å². The van der Waals surface area contributed by atoms with Gasteiger partial charge in [-0.1, -0.05) is 0 Å². The summed E-state index contributed by atoms with van der Waals surface area (Å²) >= 11 is 0. The molecule has 0 spiro atoms. The van der Waals surface area contributed by atoms with Crippen molar-refractivity contribution in [3.63, 3.8) is 0 Å². The van der Waals surface area contributed by atoms with Crippen molar-refractivity contribution in [2.75, 3.05) is 20.3 Å².